The molecule has 1 heterocycles. The van der Waals surface area contributed by atoms with Gasteiger partial charge in [-0.1, -0.05) is 12.2 Å². The summed E-state index contributed by atoms with van der Waals surface area (Å²) in [5.74, 6) is -1.09. The van der Waals surface area contributed by atoms with Gasteiger partial charge in [-0.05, 0) is 0 Å². The van der Waals surface area contributed by atoms with Crippen molar-refractivity contribution in [3.05, 3.63) is 53.1 Å². The highest BCUT2D eigenvalue weighted by molar-refractivity contribution is 5.96. The zero-order valence-electron chi connectivity index (χ0n) is 14.0. The van der Waals surface area contributed by atoms with Crippen molar-refractivity contribution in [3.8, 4) is 11.5 Å². The monoisotopic (exact) mass is 362 g/mol. The van der Waals surface area contributed by atoms with E-state index < -0.39 is 29.1 Å². The van der Waals surface area contributed by atoms with Gasteiger partial charge in [-0.15, -0.1) is 13.2 Å². The lowest BCUT2D eigenvalue weighted by atomic mass is 10.1. The number of hydrogen-bond donors (Lipinski definition) is 0. The maximum absolute atomic E-state index is 12.3. The van der Waals surface area contributed by atoms with Crippen LogP contribution >= 0.6 is 0 Å². The fraction of sp³-hybridized carbons (Fsp3) is 0.294. The number of nitro benzene ring substituents is 1. The quantitative estimate of drug-likeness (QED) is 0.300. The summed E-state index contributed by atoms with van der Waals surface area (Å²) in [6.07, 6.45) is 3.05. The second kappa shape index (κ2) is 8.65. The van der Waals surface area contributed by atoms with Crippen LogP contribution in [0.3, 0.4) is 0 Å². The van der Waals surface area contributed by atoms with E-state index in [1.165, 1.54) is 23.1 Å². The number of fused-ring (bicyclic) bond motifs is 1. The molecule has 138 valence electrons. The topological polar surface area (TPSA) is 108 Å². The molecule has 0 unspecified atom stereocenters. The first-order valence-electron chi connectivity index (χ1n) is 7.72. The average Bonchev–Trinajstić information content (AvgIpc) is 2.64. The Bertz CT molecular complexity index is 735. The van der Waals surface area contributed by atoms with E-state index in [1.54, 1.807) is 0 Å². The van der Waals surface area contributed by atoms with Gasteiger partial charge in [-0.25, -0.2) is 4.79 Å². The summed E-state index contributed by atoms with van der Waals surface area (Å²) in [6.45, 7) is 7.55. The molecule has 2 rings (SSSR count). The fourth-order valence-electron chi connectivity index (χ4n) is 2.28. The number of carbonyl (C=O) groups is 2. The lowest BCUT2D eigenvalue weighted by Gasteiger charge is -2.20. The number of nitro groups is 1. The molecule has 0 aliphatic carbocycles. The summed E-state index contributed by atoms with van der Waals surface area (Å²) in [5, 5.41) is 11.2. The van der Waals surface area contributed by atoms with Gasteiger partial charge in [0.15, 0.2) is 18.1 Å². The molecule has 0 aromatic heterocycles. The van der Waals surface area contributed by atoms with Crippen molar-refractivity contribution in [1.82, 2.24) is 4.90 Å². The minimum Gasteiger partial charge on any atom is -0.486 e. The summed E-state index contributed by atoms with van der Waals surface area (Å²) >= 11 is 0. The van der Waals surface area contributed by atoms with Gasteiger partial charge in [-0.3, -0.25) is 14.9 Å². The number of ether oxygens (including phenoxy) is 3. The molecular formula is C17H18N2O7. The Labute approximate surface area is 149 Å². The normalized spacial score (nSPS) is 12.0. The number of benzene rings is 1. The Hall–Kier alpha value is -3.36. The third-order valence-electron chi connectivity index (χ3n) is 3.46. The van der Waals surface area contributed by atoms with Gasteiger partial charge in [0.25, 0.3) is 11.6 Å². The highest BCUT2D eigenvalue weighted by atomic mass is 16.6. The second-order valence-electron chi connectivity index (χ2n) is 5.22. The maximum atomic E-state index is 12.3. The summed E-state index contributed by atoms with van der Waals surface area (Å²) in [7, 11) is 0. The van der Waals surface area contributed by atoms with Crippen LogP contribution in [-0.2, 0) is 9.53 Å². The van der Waals surface area contributed by atoms with Crippen LogP contribution in [0.2, 0.25) is 0 Å². The van der Waals surface area contributed by atoms with Crippen LogP contribution in [-0.4, -0.2) is 54.6 Å². The minimum absolute atomic E-state index is 0.179. The summed E-state index contributed by atoms with van der Waals surface area (Å²) < 4.78 is 15.5. The smallest absolute Gasteiger partial charge is 0.345 e. The zero-order valence-corrected chi connectivity index (χ0v) is 14.0. The number of amides is 1. The molecule has 0 radical (unpaired) electrons. The molecule has 0 saturated heterocycles. The predicted molar refractivity (Wildman–Crippen MR) is 91.3 cm³/mol. The lowest BCUT2D eigenvalue weighted by Crippen LogP contribution is -2.35. The van der Waals surface area contributed by atoms with Gasteiger partial charge in [0, 0.05) is 19.2 Å². The summed E-state index contributed by atoms with van der Waals surface area (Å²) in [5.41, 5.74) is -0.799. The molecule has 0 saturated carbocycles. The van der Waals surface area contributed by atoms with Crippen LogP contribution in [0.25, 0.3) is 0 Å². The Morgan fingerprint density at radius 3 is 2.31 bits per heavy atom. The van der Waals surface area contributed by atoms with Crippen molar-refractivity contribution in [2.75, 3.05) is 32.9 Å². The van der Waals surface area contributed by atoms with Crippen LogP contribution in [0, 0.1) is 10.1 Å². The van der Waals surface area contributed by atoms with E-state index in [0.717, 1.165) is 6.07 Å². The molecule has 1 aliphatic heterocycles. The van der Waals surface area contributed by atoms with E-state index in [4.69, 9.17) is 14.2 Å². The van der Waals surface area contributed by atoms with Gasteiger partial charge in [-0.2, -0.15) is 0 Å². The largest absolute Gasteiger partial charge is 0.486 e. The molecule has 1 aliphatic rings. The van der Waals surface area contributed by atoms with E-state index in [2.05, 4.69) is 13.2 Å². The maximum Gasteiger partial charge on any atom is 0.345 e. The lowest BCUT2D eigenvalue weighted by molar-refractivity contribution is -0.385. The van der Waals surface area contributed by atoms with Gasteiger partial charge in [0.2, 0.25) is 0 Å². The third-order valence-corrected chi connectivity index (χ3v) is 3.46. The van der Waals surface area contributed by atoms with Crippen molar-refractivity contribution >= 4 is 17.6 Å². The van der Waals surface area contributed by atoms with E-state index in [-0.39, 0.29) is 43.4 Å². The molecule has 26 heavy (non-hydrogen) atoms. The fourth-order valence-corrected chi connectivity index (χ4v) is 2.28. The average molecular weight is 362 g/mol. The Balaban J connectivity index is 2.15. The summed E-state index contributed by atoms with van der Waals surface area (Å²) in [4.78, 5) is 36.2. The van der Waals surface area contributed by atoms with E-state index in [9.17, 15) is 19.7 Å². The van der Waals surface area contributed by atoms with E-state index in [0.29, 0.717) is 0 Å². The van der Waals surface area contributed by atoms with Gasteiger partial charge >= 0.3 is 5.97 Å². The standard InChI is InChI=1S/C17H18N2O7/c1-3-5-18(6-4-2)16(20)11-26-17(21)12-9-14-15(25-8-7-24-14)10-13(12)19(22)23/h3-4,9-10H,1-2,5-8,11H2. The van der Waals surface area contributed by atoms with Gasteiger partial charge in [0.1, 0.15) is 18.8 Å². The Morgan fingerprint density at radius 1 is 1.19 bits per heavy atom. The Kier molecular flexibility index (Phi) is 6.31. The van der Waals surface area contributed by atoms with Crippen molar-refractivity contribution in [1.29, 1.82) is 0 Å². The van der Waals surface area contributed by atoms with Gasteiger partial charge in [0.05, 0.1) is 11.0 Å². The molecular weight excluding hydrogens is 344 g/mol. The van der Waals surface area contributed by atoms with E-state index in [1.807, 2.05) is 0 Å². The van der Waals surface area contributed by atoms with Crippen molar-refractivity contribution in [2.45, 2.75) is 0 Å². The first kappa shape index (κ1) is 19.0. The molecule has 9 nitrogen and oxygen atoms in total. The number of carbonyl (C=O) groups excluding carboxylic acids is 2. The SMILES string of the molecule is C=CCN(CC=C)C(=O)COC(=O)c1cc2c(cc1[N+](=O)[O-])OCCO2. The molecule has 0 fully saturated rings. The van der Waals surface area contributed by atoms with Gasteiger partial charge < -0.3 is 19.1 Å². The van der Waals surface area contributed by atoms with Crippen LogP contribution < -0.4 is 9.47 Å². The number of hydrogen-bond acceptors (Lipinski definition) is 7. The highest BCUT2D eigenvalue weighted by Crippen LogP contribution is 2.36. The molecule has 1 aromatic carbocycles. The third kappa shape index (κ3) is 4.38. The van der Waals surface area contributed by atoms with Crippen molar-refractivity contribution in [2.24, 2.45) is 0 Å². The van der Waals surface area contributed by atoms with Crippen LogP contribution in [0.1, 0.15) is 10.4 Å². The van der Waals surface area contributed by atoms with Crippen LogP contribution in [0.5, 0.6) is 11.5 Å². The zero-order chi connectivity index (χ0) is 19.1. The molecule has 0 N–H and O–H groups in total. The minimum atomic E-state index is -1.00. The Morgan fingerprint density at radius 2 is 1.77 bits per heavy atom. The highest BCUT2D eigenvalue weighted by Gasteiger charge is 2.28. The molecule has 1 aromatic rings. The molecule has 1 amide bonds. The number of esters is 1. The van der Waals surface area contributed by atoms with Crippen LogP contribution in [0.4, 0.5) is 5.69 Å². The van der Waals surface area contributed by atoms with Crippen LogP contribution in [0.15, 0.2) is 37.4 Å². The van der Waals surface area contributed by atoms with Crippen molar-refractivity contribution < 1.29 is 28.7 Å². The molecule has 0 atom stereocenters. The molecule has 9 heteroatoms. The second-order valence-corrected chi connectivity index (χ2v) is 5.22. The summed E-state index contributed by atoms with van der Waals surface area (Å²) in [6, 6.07) is 2.29. The predicted octanol–water partition coefficient (Wildman–Crippen LogP) is 1.72. The first-order chi connectivity index (χ1) is 12.5. The first-order valence-corrected chi connectivity index (χ1v) is 7.72. The molecule has 0 bridgehead atoms. The number of nitrogens with zero attached hydrogens (tertiary/aromatic N) is 2. The van der Waals surface area contributed by atoms with E-state index >= 15 is 0 Å². The van der Waals surface area contributed by atoms with Crippen molar-refractivity contribution in [3.63, 3.8) is 0 Å². The number of rotatable bonds is 8. The molecule has 0 spiro atoms.